The predicted octanol–water partition coefficient (Wildman–Crippen LogP) is 4.45. The Morgan fingerprint density at radius 3 is 2.43 bits per heavy atom. The molecule has 0 unspecified atom stereocenters. The van der Waals surface area contributed by atoms with E-state index in [9.17, 15) is 0 Å². The Morgan fingerprint density at radius 2 is 1.76 bits per heavy atom. The highest BCUT2D eigenvalue weighted by atomic mass is 15.0. The maximum Gasteiger partial charge on any atom is 0.162 e. The standard InChI is InChI=1S/C18H25N3/c1-6-11-19-17-14(5)16(7-2)20-18(21-17)15-10-8-9-12(3)13(15)4/h8-10H,6-7,11H2,1-5H3,(H,19,20,21). The molecule has 0 spiro atoms. The van der Waals surface area contributed by atoms with Gasteiger partial charge in [-0.25, -0.2) is 9.97 Å². The van der Waals surface area contributed by atoms with Gasteiger partial charge >= 0.3 is 0 Å². The Hall–Kier alpha value is -1.90. The molecule has 1 aromatic carbocycles. The summed E-state index contributed by atoms with van der Waals surface area (Å²) < 4.78 is 0. The highest BCUT2D eigenvalue weighted by molar-refractivity contribution is 5.64. The molecule has 2 aromatic rings. The summed E-state index contributed by atoms with van der Waals surface area (Å²) in [5.41, 5.74) is 5.95. The molecule has 0 fully saturated rings. The Kier molecular flexibility index (Phi) is 4.94. The van der Waals surface area contributed by atoms with Crippen molar-refractivity contribution in [3.8, 4) is 11.4 Å². The van der Waals surface area contributed by atoms with Crippen LogP contribution in [0.3, 0.4) is 0 Å². The molecule has 21 heavy (non-hydrogen) atoms. The molecule has 0 bridgehead atoms. The summed E-state index contributed by atoms with van der Waals surface area (Å²) in [5, 5.41) is 3.43. The quantitative estimate of drug-likeness (QED) is 0.880. The summed E-state index contributed by atoms with van der Waals surface area (Å²) in [5.74, 6) is 1.80. The van der Waals surface area contributed by atoms with Crippen molar-refractivity contribution in [1.29, 1.82) is 0 Å². The number of aromatic nitrogens is 2. The number of nitrogens with zero attached hydrogens (tertiary/aromatic N) is 2. The molecule has 1 aromatic heterocycles. The largest absolute Gasteiger partial charge is 0.370 e. The van der Waals surface area contributed by atoms with Gasteiger partial charge in [0.2, 0.25) is 0 Å². The van der Waals surface area contributed by atoms with Gasteiger partial charge in [-0.2, -0.15) is 0 Å². The molecule has 0 aliphatic carbocycles. The van der Waals surface area contributed by atoms with E-state index in [4.69, 9.17) is 9.97 Å². The molecule has 1 N–H and O–H groups in total. The molecule has 0 atom stereocenters. The van der Waals surface area contributed by atoms with Crippen LogP contribution in [0.1, 0.15) is 42.7 Å². The van der Waals surface area contributed by atoms with Gasteiger partial charge < -0.3 is 5.32 Å². The first-order valence-electron chi connectivity index (χ1n) is 7.76. The van der Waals surface area contributed by atoms with Crippen LogP contribution in [0.25, 0.3) is 11.4 Å². The van der Waals surface area contributed by atoms with Gasteiger partial charge in [0.05, 0.1) is 0 Å². The number of anilines is 1. The second-order valence-electron chi connectivity index (χ2n) is 5.50. The third kappa shape index (κ3) is 3.23. The zero-order chi connectivity index (χ0) is 15.4. The van der Waals surface area contributed by atoms with Crippen LogP contribution in [0.2, 0.25) is 0 Å². The maximum absolute atomic E-state index is 4.78. The Balaban J connectivity index is 2.55. The van der Waals surface area contributed by atoms with E-state index in [1.165, 1.54) is 16.7 Å². The number of hydrogen-bond acceptors (Lipinski definition) is 3. The minimum Gasteiger partial charge on any atom is -0.370 e. The summed E-state index contributed by atoms with van der Waals surface area (Å²) in [4.78, 5) is 9.55. The number of benzene rings is 1. The van der Waals surface area contributed by atoms with Gasteiger partial charge in [-0.1, -0.05) is 32.0 Å². The average molecular weight is 283 g/mol. The Bertz CT molecular complexity index is 633. The van der Waals surface area contributed by atoms with Gasteiger partial charge in [-0.05, 0) is 44.7 Å². The molecule has 0 amide bonds. The number of aryl methyl sites for hydroxylation is 2. The van der Waals surface area contributed by atoms with Crippen molar-refractivity contribution >= 4 is 5.82 Å². The van der Waals surface area contributed by atoms with E-state index in [0.29, 0.717) is 0 Å². The van der Waals surface area contributed by atoms with Crippen LogP contribution in [0.4, 0.5) is 5.82 Å². The molecule has 0 radical (unpaired) electrons. The van der Waals surface area contributed by atoms with Crippen LogP contribution in [0, 0.1) is 20.8 Å². The lowest BCUT2D eigenvalue weighted by atomic mass is 10.0. The van der Waals surface area contributed by atoms with E-state index < -0.39 is 0 Å². The minimum atomic E-state index is 0.831. The normalized spacial score (nSPS) is 10.7. The van der Waals surface area contributed by atoms with Crippen LogP contribution in [-0.2, 0) is 6.42 Å². The predicted molar refractivity (Wildman–Crippen MR) is 89.8 cm³/mol. The molecular weight excluding hydrogens is 258 g/mol. The van der Waals surface area contributed by atoms with Crippen LogP contribution in [-0.4, -0.2) is 16.5 Å². The van der Waals surface area contributed by atoms with Crippen molar-refractivity contribution in [2.24, 2.45) is 0 Å². The number of hydrogen-bond donors (Lipinski definition) is 1. The average Bonchev–Trinajstić information content (AvgIpc) is 2.49. The molecule has 0 aliphatic heterocycles. The molecule has 0 saturated carbocycles. The van der Waals surface area contributed by atoms with Crippen molar-refractivity contribution in [2.45, 2.75) is 47.5 Å². The Morgan fingerprint density at radius 1 is 1.00 bits per heavy atom. The summed E-state index contributed by atoms with van der Waals surface area (Å²) in [7, 11) is 0. The van der Waals surface area contributed by atoms with E-state index in [2.05, 4.69) is 58.1 Å². The fraction of sp³-hybridized carbons (Fsp3) is 0.444. The van der Waals surface area contributed by atoms with Crippen LogP contribution in [0.5, 0.6) is 0 Å². The van der Waals surface area contributed by atoms with Gasteiger partial charge in [-0.3, -0.25) is 0 Å². The van der Waals surface area contributed by atoms with Crippen molar-refractivity contribution < 1.29 is 0 Å². The van der Waals surface area contributed by atoms with E-state index in [1.807, 2.05) is 0 Å². The summed E-state index contributed by atoms with van der Waals surface area (Å²) in [6.45, 7) is 11.6. The summed E-state index contributed by atoms with van der Waals surface area (Å²) in [6.07, 6.45) is 2.01. The van der Waals surface area contributed by atoms with Crippen molar-refractivity contribution in [2.75, 3.05) is 11.9 Å². The minimum absolute atomic E-state index is 0.831. The van der Waals surface area contributed by atoms with E-state index in [1.54, 1.807) is 0 Å². The zero-order valence-corrected chi connectivity index (χ0v) is 13.7. The van der Waals surface area contributed by atoms with Crippen molar-refractivity contribution in [1.82, 2.24) is 9.97 Å². The first-order chi connectivity index (χ1) is 10.1. The third-order valence-corrected chi connectivity index (χ3v) is 3.97. The van der Waals surface area contributed by atoms with E-state index >= 15 is 0 Å². The molecule has 112 valence electrons. The first-order valence-corrected chi connectivity index (χ1v) is 7.76. The SMILES string of the molecule is CCCNc1nc(-c2cccc(C)c2C)nc(CC)c1C. The highest BCUT2D eigenvalue weighted by Gasteiger charge is 2.13. The lowest BCUT2D eigenvalue weighted by Gasteiger charge is -2.14. The van der Waals surface area contributed by atoms with Gasteiger partial charge in [0.25, 0.3) is 0 Å². The van der Waals surface area contributed by atoms with Gasteiger partial charge in [0.1, 0.15) is 5.82 Å². The molecule has 3 nitrogen and oxygen atoms in total. The molecule has 1 heterocycles. The second kappa shape index (κ2) is 6.70. The molecule has 0 aliphatic rings. The molecule has 3 heteroatoms. The summed E-state index contributed by atoms with van der Waals surface area (Å²) >= 11 is 0. The monoisotopic (exact) mass is 283 g/mol. The second-order valence-corrected chi connectivity index (χ2v) is 5.50. The van der Waals surface area contributed by atoms with Crippen LogP contribution in [0.15, 0.2) is 18.2 Å². The summed E-state index contributed by atoms with van der Waals surface area (Å²) in [6, 6.07) is 6.31. The van der Waals surface area contributed by atoms with Crippen molar-refractivity contribution in [3.05, 3.63) is 40.6 Å². The third-order valence-electron chi connectivity index (χ3n) is 3.97. The van der Waals surface area contributed by atoms with Gasteiger partial charge in [0, 0.05) is 23.4 Å². The lowest BCUT2D eigenvalue weighted by Crippen LogP contribution is -2.09. The molecule has 2 rings (SSSR count). The number of nitrogens with one attached hydrogen (secondary N) is 1. The Labute approximate surface area is 127 Å². The highest BCUT2D eigenvalue weighted by Crippen LogP contribution is 2.26. The molecular formula is C18H25N3. The lowest BCUT2D eigenvalue weighted by molar-refractivity contribution is 0.935. The topological polar surface area (TPSA) is 37.8 Å². The van der Waals surface area contributed by atoms with Gasteiger partial charge in [0.15, 0.2) is 5.82 Å². The number of rotatable bonds is 5. The zero-order valence-electron chi connectivity index (χ0n) is 13.7. The fourth-order valence-electron chi connectivity index (χ4n) is 2.44. The van der Waals surface area contributed by atoms with E-state index in [0.717, 1.165) is 42.3 Å². The smallest absolute Gasteiger partial charge is 0.162 e. The fourth-order valence-corrected chi connectivity index (χ4v) is 2.44. The van der Waals surface area contributed by atoms with Crippen LogP contribution >= 0.6 is 0 Å². The first kappa shape index (κ1) is 15.5. The van der Waals surface area contributed by atoms with Crippen LogP contribution < -0.4 is 5.32 Å². The maximum atomic E-state index is 4.78. The van der Waals surface area contributed by atoms with Crippen molar-refractivity contribution in [3.63, 3.8) is 0 Å². The molecule has 0 saturated heterocycles. The van der Waals surface area contributed by atoms with Gasteiger partial charge in [-0.15, -0.1) is 0 Å². The van der Waals surface area contributed by atoms with E-state index in [-0.39, 0.29) is 0 Å².